The first kappa shape index (κ1) is 11.2. The number of carbonyl (C=O) groups is 1. The van der Waals surface area contributed by atoms with Crippen LogP contribution in [-0.4, -0.2) is 28.1 Å². The van der Waals surface area contributed by atoms with E-state index < -0.39 is 5.97 Å². The van der Waals surface area contributed by atoms with E-state index in [1.807, 2.05) is 0 Å². The Balaban J connectivity index is 2.98. The molecule has 0 unspecified atom stereocenters. The number of H-pyrrole nitrogens is 1. The van der Waals surface area contributed by atoms with E-state index in [1.54, 1.807) is 14.0 Å². The van der Waals surface area contributed by atoms with Gasteiger partial charge in [-0.25, -0.2) is 4.98 Å². The number of aromatic amines is 1. The fourth-order valence-electron chi connectivity index (χ4n) is 1.26. The van der Waals surface area contributed by atoms with Crippen molar-refractivity contribution in [3.8, 4) is 0 Å². The highest BCUT2D eigenvalue weighted by Gasteiger charge is 2.09. The summed E-state index contributed by atoms with van der Waals surface area (Å²) in [6.07, 6.45) is 0.137. The molecule has 0 radical (unpaired) electrons. The van der Waals surface area contributed by atoms with Gasteiger partial charge in [-0.1, -0.05) is 0 Å². The first-order valence-electron chi connectivity index (χ1n) is 4.54. The Hall–Kier alpha value is -1.85. The Morgan fingerprint density at radius 3 is 2.73 bits per heavy atom. The number of carboxylic acid groups (broad SMARTS) is 1. The molecule has 0 aromatic carbocycles. The molecular formula is C9H13N3O3. The second-order valence-electron chi connectivity index (χ2n) is 3.12. The van der Waals surface area contributed by atoms with Crippen molar-refractivity contribution in [3.05, 3.63) is 21.6 Å². The molecular weight excluding hydrogens is 198 g/mol. The van der Waals surface area contributed by atoms with E-state index in [9.17, 15) is 9.59 Å². The van der Waals surface area contributed by atoms with Gasteiger partial charge in [-0.05, 0) is 13.3 Å². The zero-order valence-corrected chi connectivity index (χ0v) is 8.63. The maximum Gasteiger partial charge on any atom is 0.303 e. The van der Waals surface area contributed by atoms with E-state index >= 15 is 0 Å². The lowest BCUT2D eigenvalue weighted by molar-refractivity contribution is -0.136. The molecule has 0 aliphatic rings. The van der Waals surface area contributed by atoms with E-state index in [0.717, 1.165) is 0 Å². The molecule has 6 heteroatoms. The first-order chi connectivity index (χ1) is 7.04. The van der Waals surface area contributed by atoms with Crippen LogP contribution in [0.2, 0.25) is 0 Å². The molecule has 82 valence electrons. The van der Waals surface area contributed by atoms with Gasteiger partial charge < -0.3 is 10.4 Å². The molecule has 1 rings (SSSR count). The molecule has 15 heavy (non-hydrogen) atoms. The maximum absolute atomic E-state index is 11.5. The molecule has 0 aliphatic heterocycles. The van der Waals surface area contributed by atoms with Crippen LogP contribution in [0, 0.1) is 6.92 Å². The molecule has 0 aliphatic carbocycles. The summed E-state index contributed by atoms with van der Waals surface area (Å²) in [7, 11) is 1.65. The minimum atomic E-state index is -0.925. The molecule has 0 saturated heterocycles. The zero-order chi connectivity index (χ0) is 11.4. The Labute approximate surface area is 86.4 Å². The average Bonchev–Trinajstić information content (AvgIpc) is 2.15. The van der Waals surface area contributed by atoms with Crippen LogP contribution in [0.25, 0.3) is 0 Å². The van der Waals surface area contributed by atoms with Gasteiger partial charge in [-0.3, -0.25) is 14.6 Å². The van der Waals surface area contributed by atoms with Crippen molar-refractivity contribution in [2.75, 3.05) is 12.4 Å². The number of aromatic nitrogens is 2. The van der Waals surface area contributed by atoms with E-state index in [4.69, 9.17) is 5.11 Å². The van der Waals surface area contributed by atoms with Crippen molar-refractivity contribution in [1.29, 1.82) is 0 Å². The van der Waals surface area contributed by atoms with Gasteiger partial charge in [0.15, 0.2) is 0 Å². The zero-order valence-electron chi connectivity index (χ0n) is 8.63. The summed E-state index contributed by atoms with van der Waals surface area (Å²) in [6.45, 7) is 1.69. The van der Waals surface area contributed by atoms with Crippen LogP contribution in [0.5, 0.6) is 0 Å². The fourth-order valence-corrected chi connectivity index (χ4v) is 1.26. The van der Waals surface area contributed by atoms with Crippen LogP contribution < -0.4 is 10.9 Å². The minimum Gasteiger partial charge on any atom is -0.481 e. The summed E-state index contributed by atoms with van der Waals surface area (Å²) in [6, 6.07) is 0. The van der Waals surface area contributed by atoms with Crippen LogP contribution in [0.15, 0.2) is 4.79 Å². The number of aryl methyl sites for hydroxylation is 1. The lowest BCUT2D eigenvalue weighted by Gasteiger charge is -2.05. The summed E-state index contributed by atoms with van der Waals surface area (Å²) in [5, 5.41) is 11.2. The predicted molar refractivity (Wildman–Crippen MR) is 55.1 cm³/mol. The molecule has 0 atom stereocenters. The molecule has 0 saturated carbocycles. The smallest absolute Gasteiger partial charge is 0.303 e. The fraction of sp³-hybridized carbons (Fsp3) is 0.444. The summed E-state index contributed by atoms with van der Waals surface area (Å²) in [5.41, 5.74) is 0.703. The predicted octanol–water partition coefficient (Wildman–Crippen LogP) is 0.137. The molecule has 0 spiro atoms. The van der Waals surface area contributed by atoms with E-state index in [1.165, 1.54) is 0 Å². The van der Waals surface area contributed by atoms with Crippen molar-refractivity contribution in [3.63, 3.8) is 0 Å². The Bertz CT molecular complexity index is 425. The normalized spacial score (nSPS) is 10.0. The van der Waals surface area contributed by atoms with Gasteiger partial charge in [-0.2, -0.15) is 0 Å². The van der Waals surface area contributed by atoms with Gasteiger partial charge in [0.25, 0.3) is 5.56 Å². The van der Waals surface area contributed by atoms with Gasteiger partial charge in [0.1, 0.15) is 0 Å². The number of rotatable bonds is 4. The van der Waals surface area contributed by atoms with Crippen LogP contribution in [-0.2, 0) is 11.2 Å². The summed E-state index contributed by atoms with van der Waals surface area (Å²) in [5.74, 6) is -0.539. The number of hydrogen-bond acceptors (Lipinski definition) is 4. The van der Waals surface area contributed by atoms with Gasteiger partial charge in [0.2, 0.25) is 5.95 Å². The lowest BCUT2D eigenvalue weighted by Crippen LogP contribution is -2.19. The lowest BCUT2D eigenvalue weighted by atomic mass is 10.1. The minimum absolute atomic E-state index is 0.0650. The Morgan fingerprint density at radius 1 is 1.60 bits per heavy atom. The van der Waals surface area contributed by atoms with Crippen molar-refractivity contribution in [1.82, 2.24) is 9.97 Å². The van der Waals surface area contributed by atoms with Crippen molar-refractivity contribution in [2.45, 2.75) is 19.8 Å². The molecule has 0 amide bonds. The van der Waals surface area contributed by atoms with Gasteiger partial charge in [0.05, 0.1) is 0 Å². The van der Waals surface area contributed by atoms with E-state index in [-0.39, 0.29) is 18.4 Å². The molecule has 6 nitrogen and oxygen atoms in total. The van der Waals surface area contributed by atoms with Gasteiger partial charge in [-0.15, -0.1) is 0 Å². The third-order valence-corrected chi connectivity index (χ3v) is 2.05. The summed E-state index contributed by atoms with van der Waals surface area (Å²) >= 11 is 0. The molecule has 1 aromatic heterocycles. The third-order valence-electron chi connectivity index (χ3n) is 2.05. The van der Waals surface area contributed by atoms with Crippen LogP contribution in [0.4, 0.5) is 5.95 Å². The largest absolute Gasteiger partial charge is 0.481 e. The standard InChI is InChI=1S/C9H13N3O3/c1-5-6(3-4-7(13)14)8(15)12-9(10-2)11-5/h3-4H2,1-2H3,(H,13,14)(H2,10,11,12,15). The third kappa shape index (κ3) is 2.80. The number of carboxylic acids is 1. The van der Waals surface area contributed by atoms with Crippen LogP contribution in [0.1, 0.15) is 17.7 Å². The summed E-state index contributed by atoms with van der Waals surface area (Å²) < 4.78 is 0. The number of hydrogen-bond donors (Lipinski definition) is 3. The molecule has 0 fully saturated rings. The van der Waals surface area contributed by atoms with Crippen molar-refractivity contribution in [2.24, 2.45) is 0 Å². The number of anilines is 1. The maximum atomic E-state index is 11.5. The quantitative estimate of drug-likeness (QED) is 0.658. The average molecular weight is 211 g/mol. The highest BCUT2D eigenvalue weighted by Crippen LogP contribution is 2.04. The SMILES string of the molecule is CNc1nc(C)c(CCC(=O)O)c(=O)[nH]1. The Kier molecular flexibility index (Phi) is 3.43. The topological polar surface area (TPSA) is 95.1 Å². The van der Waals surface area contributed by atoms with Gasteiger partial charge in [0, 0.05) is 24.7 Å². The van der Waals surface area contributed by atoms with Crippen LogP contribution in [0.3, 0.4) is 0 Å². The number of nitrogens with zero attached hydrogens (tertiary/aromatic N) is 1. The molecule has 3 N–H and O–H groups in total. The second kappa shape index (κ2) is 4.59. The first-order valence-corrected chi connectivity index (χ1v) is 4.54. The van der Waals surface area contributed by atoms with E-state index in [0.29, 0.717) is 17.2 Å². The van der Waals surface area contributed by atoms with Crippen molar-refractivity contribution >= 4 is 11.9 Å². The highest BCUT2D eigenvalue weighted by molar-refractivity contribution is 5.67. The molecule has 1 aromatic rings. The number of aliphatic carboxylic acids is 1. The van der Waals surface area contributed by atoms with E-state index in [2.05, 4.69) is 15.3 Å². The molecule has 1 heterocycles. The van der Waals surface area contributed by atoms with Crippen LogP contribution >= 0.6 is 0 Å². The monoisotopic (exact) mass is 211 g/mol. The van der Waals surface area contributed by atoms with Gasteiger partial charge >= 0.3 is 5.97 Å². The summed E-state index contributed by atoms with van der Waals surface area (Å²) in [4.78, 5) is 28.5. The van der Waals surface area contributed by atoms with Crippen molar-refractivity contribution < 1.29 is 9.90 Å². The highest BCUT2D eigenvalue weighted by atomic mass is 16.4. The molecule has 0 bridgehead atoms. The number of nitrogens with one attached hydrogen (secondary N) is 2. The Morgan fingerprint density at radius 2 is 2.27 bits per heavy atom. The second-order valence-corrected chi connectivity index (χ2v) is 3.12.